The Bertz CT molecular complexity index is 1200. The number of nitrogens with one attached hydrogen (secondary N) is 1. The van der Waals surface area contributed by atoms with Gasteiger partial charge in [0.2, 0.25) is 0 Å². The lowest BCUT2D eigenvalue weighted by Gasteiger charge is -2.05. The summed E-state index contributed by atoms with van der Waals surface area (Å²) in [6.45, 7) is 0.0736. The summed E-state index contributed by atoms with van der Waals surface area (Å²) in [4.78, 5) is 28.5. The topological polar surface area (TPSA) is 84.9 Å². The molecule has 0 radical (unpaired) electrons. The van der Waals surface area contributed by atoms with Crippen LogP contribution in [-0.4, -0.2) is 21.2 Å². The average molecular weight is 412 g/mol. The van der Waals surface area contributed by atoms with Gasteiger partial charge in [-0.15, -0.1) is 11.3 Å². The van der Waals surface area contributed by atoms with Gasteiger partial charge in [-0.25, -0.2) is 10.1 Å². The number of carbonyl (C=O) groups is 1. The van der Waals surface area contributed by atoms with Crippen molar-refractivity contribution in [3.63, 3.8) is 0 Å². The zero-order valence-corrected chi connectivity index (χ0v) is 16.1. The number of carbonyl (C=O) groups excluding carboxylic acids is 1. The molecule has 0 saturated heterocycles. The Morgan fingerprint density at radius 3 is 2.64 bits per heavy atom. The van der Waals surface area contributed by atoms with E-state index < -0.39 is 5.97 Å². The van der Waals surface area contributed by atoms with Crippen molar-refractivity contribution in [1.82, 2.24) is 15.2 Å². The third-order valence-corrected chi connectivity index (χ3v) is 5.30. The fraction of sp³-hybridized carbons (Fsp3) is 0.100. The standard InChI is InChI=1S/C20H14ClN3O3S/c21-13-7-5-12(6-8-13)20-22-14(11-28-20)10-27-18(25)9-17-15-3-1-2-4-16(15)19(26)24-23-17/h1-8,11H,9-10H2,(H,24,26). The number of benzene rings is 2. The number of aromatic nitrogens is 3. The maximum absolute atomic E-state index is 12.2. The molecule has 0 atom stereocenters. The molecule has 0 spiro atoms. The molecule has 0 aliphatic heterocycles. The van der Waals surface area contributed by atoms with E-state index in [0.717, 1.165) is 10.6 Å². The molecule has 0 amide bonds. The number of rotatable bonds is 5. The lowest BCUT2D eigenvalue weighted by molar-refractivity contribution is -0.144. The van der Waals surface area contributed by atoms with Gasteiger partial charge < -0.3 is 4.74 Å². The second-order valence-electron chi connectivity index (χ2n) is 6.03. The van der Waals surface area contributed by atoms with Crippen LogP contribution in [0.5, 0.6) is 0 Å². The number of hydrogen-bond donors (Lipinski definition) is 1. The predicted molar refractivity (Wildman–Crippen MR) is 108 cm³/mol. The van der Waals surface area contributed by atoms with Gasteiger partial charge >= 0.3 is 5.97 Å². The van der Waals surface area contributed by atoms with Gasteiger partial charge in [0.15, 0.2) is 0 Å². The van der Waals surface area contributed by atoms with Crippen LogP contribution in [0.25, 0.3) is 21.3 Å². The van der Waals surface area contributed by atoms with Gasteiger partial charge in [-0.3, -0.25) is 9.59 Å². The van der Waals surface area contributed by atoms with E-state index >= 15 is 0 Å². The molecule has 140 valence electrons. The first-order chi connectivity index (χ1) is 13.6. The number of aromatic amines is 1. The van der Waals surface area contributed by atoms with Crippen molar-refractivity contribution in [2.75, 3.05) is 0 Å². The van der Waals surface area contributed by atoms with Crippen LogP contribution in [0.3, 0.4) is 0 Å². The number of thiazole rings is 1. The average Bonchev–Trinajstić information content (AvgIpc) is 3.18. The van der Waals surface area contributed by atoms with E-state index in [-0.39, 0.29) is 18.6 Å². The summed E-state index contributed by atoms with van der Waals surface area (Å²) in [5.74, 6) is -0.439. The van der Waals surface area contributed by atoms with Crippen molar-refractivity contribution in [2.45, 2.75) is 13.0 Å². The van der Waals surface area contributed by atoms with E-state index in [1.54, 1.807) is 36.4 Å². The Hall–Kier alpha value is -3.03. The summed E-state index contributed by atoms with van der Waals surface area (Å²) in [6, 6.07) is 14.4. The minimum absolute atomic E-state index is 0.0362. The van der Waals surface area contributed by atoms with Crippen LogP contribution in [0.15, 0.2) is 58.7 Å². The Morgan fingerprint density at radius 2 is 1.86 bits per heavy atom. The van der Waals surface area contributed by atoms with Crippen molar-refractivity contribution in [1.29, 1.82) is 0 Å². The zero-order chi connectivity index (χ0) is 19.5. The van der Waals surface area contributed by atoms with Crippen LogP contribution < -0.4 is 5.56 Å². The van der Waals surface area contributed by atoms with Crippen LogP contribution in [0.2, 0.25) is 5.02 Å². The van der Waals surface area contributed by atoms with Crippen molar-refractivity contribution >= 4 is 39.7 Å². The second-order valence-corrected chi connectivity index (χ2v) is 7.33. The van der Waals surface area contributed by atoms with Crippen molar-refractivity contribution in [3.05, 3.63) is 80.7 Å². The molecule has 0 unspecified atom stereocenters. The molecule has 0 fully saturated rings. The number of esters is 1. The van der Waals surface area contributed by atoms with Crippen LogP contribution in [0.4, 0.5) is 0 Å². The molecule has 0 saturated carbocycles. The molecule has 0 aliphatic carbocycles. The lowest BCUT2D eigenvalue weighted by Crippen LogP contribution is -2.15. The summed E-state index contributed by atoms with van der Waals surface area (Å²) in [5.41, 5.74) is 1.81. The number of nitrogens with zero attached hydrogens (tertiary/aromatic N) is 2. The molecule has 0 aliphatic rings. The molecule has 2 heterocycles. The van der Waals surface area contributed by atoms with Gasteiger partial charge in [0, 0.05) is 21.4 Å². The first-order valence-corrected chi connectivity index (χ1v) is 9.68. The second kappa shape index (κ2) is 7.92. The number of H-pyrrole nitrogens is 1. The molecule has 28 heavy (non-hydrogen) atoms. The molecule has 4 rings (SSSR count). The van der Waals surface area contributed by atoms with Crippen LogP contribution in [0, 0.1) is 0 Å². The van der Waals surface area contributed by atoms with E-state index in [9.17, 15) is 9.59 Å². The van der Waals surface area contributed by atoms with E-state index in [2.05, 4.69) is 15.2 Å². The molecule has 6 nitrogen and oxygen atoms in total. The molecular formula is C20H14ClN3O3S. The third kappa shape index (κ3) is 3.95. The molecule has 0 bridgehead atoms. The zero-order valence-electron chi connectivity index (χ0n) is 14.5. The SMILES string of the molecule is O=C(Cc1n[nH]c(=O)c2ccccc12)OCc1csc(-c2ccc(Cl)cc2)n1. The molecule has 2 aromatic carbocycles. The lowest BCUT2D eigenvalue weighted by atomic mass is 10.1. The van der Waals surface area contributed by atoms with Gasteiger partial charge in [-0.05, 0) is 18.2 Å². The van der Waals surface area contributed by atoms with E-state index in [0.29, 0.717) is 27.2 Å². The van der Waals surface area contributed by atoms with Crippen molar-refractivity contribution < 1.29 is 9.53 Å². The van der Waals surface area contributed by atoms with E-state index in [1.807, 2.05) is 17.5 Å². The summed E-state index contributed by atoms with van der Waals surface area (Å²) < 4.78 is 5.33. The van der Waals surface area contributed by atoms with Crippen LogP contribution in [0.1, 0.15) is 11.4 Å². The largest absolute Gasteiger partial charge is 0.459 e. The minimum atomic E-state index is -0.439. The quantitative estimate of drug-likeness (QED) is 0.502. The molecule has 1 N–H and O–H groups in total. The number of ether oxygens (including phenoxy) is 1. The number of halogens is 1. The van der Waals surface area contributed by atoms with Crippen LogP contribution in [-0.2, 0) is 22.6 Å². The fourth-order valence-corrected chi connectivity index (χ4v) is 3.68. The molecular weight excluding hydrogens is 398 g/mol. The first kappa shape index (κ1) is 18.3. The van der Waals surface area contributed by atoms with Gasteiger partial charge in [0.1, 0.15) is 11.6 Å². The van der Waals surface area contributed by atoms with E-state index in [4.69, 9.17) is 16.3 Å². The molecule has 4 aromatic rings. The summed E-state index contributed by atoms with van der Waals surface area (Å²) in [7, 11) is 0. The van der Waals surface area contributed by atoms with Gasteiger partial charge in [-0.1, -0.05) is 41.9 Å². The highest BCUT2D eigenvalue weighted by atomic mass is 35.5. The maximum atomic E-state index is 12.2. The highest BCUT2D eigenvalue weighted by Gasteiger charge is 2.13. The summed E-state index contributed by atoms with van der Waals surface area (Å²) in [5, 5.41) is 10.9. The summed E-state index contributed by atoms with van der Waals surface area (Å²) in [6.07, 6.45) is -0.0362. The number of fused-ring (bicyclic) bond motifs is 1. The van der Waals surface area contributed by atoms with Gasteiger partial charge in [-0.2, -0.15) is 5.10 Å². The predicted octanol–water partition coefficient (Wildman–Crippen LogP) is 3.99. The van der Waals surface area contributed by atoms with Crippen molar-refractivity contribution in [3.8, 4) is 10.6 Å². The van der Waals surface area contributed by atoms with E-state index in [1.165, 1.54) is 11.3 Å². The Labute approximate surface area is 168 Å². The number of hydrogen-bond acceptors (Lipinski definition) is 6. The maximum Gasteiger partial charge on any atom is 0.312 e. The Balaban J connectivity index is 1.42. The highest BCUT2D eigenvalue weighted by Crippen LogP contribution is 2.25. The van der Waals surface area contributed by atoms with Crippen LogP contribution >= 0.6 is 22.9 Å². The Morgan fingerprint density at radius 1 is 1.11 bits per heavy atom. The Kier molecular flexibility index (Phi) is 5.18. The normalized spacial score (nSPS) is 10.9. The molecule has 8 heteroatoms. The third-order valence-electron chi connectivity index (χ3n) is 4.11. The monoisotopic (exact) mass is 411 g/mol. The van der Waals surface area contributed by atoms with Gasteiger partial charge in [0.25, 0.3) is 5.56 Å². The highest BCUT2D eigenvalue weighted by molar-refractivity contribution is 7.13. The van der Waals surface area contributed by atoms with Crippen molar-refractivity contribution in [2.24, 2.45) is 0 Å². The summed E-state index contributed by atoms with van der Waals surface area (Å²) >= 11 is 7.37. The minimum Gasteiger partial charge on any atom is -0.459 e. The van der Waals surface area contributed by atoms with Gasteiger partial charge in [0.05, 0.1) is 23.2 Å². The fourth-order valence-electron chi connectivity index (χ4n) is 2.75. The first-order valence-electron chi connectivity index (χ1n) is 8.42. The smallest absolute Gasteiger partial charge is 0.312 e. The molecule has 2 aromatic heterocycles.